The molecule has 1 rings (SSSR count). The number of nitrogens with two attached hydrogens (primary N) is 1. The fraction of sp³-hybridized carbons (Fsp3) is 0.500. The lowest BCUT2D eigenvalue weighted by Crippen LogP contribution is -2.36. The number of benzene rings is 1. The number of ether oxygens (including phenoxy) is 1. The molecule has 0 heterocycles. The van der Waals surface area contributed by atoms with Crippen molar-refractivity contribution in [3.8, 4) is 0 Å². The van der Waals surface area contributed by atoms with E-state index in [2.05, 4.69) is 0 Å². The zero-order chi connectivity index (χ0) is 14.3. The average Bonchev–Trinajstić information content (AvgIpc) is 2.37. The molecule has 106 valence electrons. The summed E-state index contributed by atoms with van der Waals surface area (Å²) in [5, 5.41) is 9.56. The summed E-state index contributed by atoms with van der Waals surface area (Å²) in [4.78, 5) is 13.4. The van der Waals surface area contributed by atoms with Gasteiger partial charge in [0.05, 0.1) is 12.7 Å². The van der Waals surface area contributed by atoms with E-state index in [0.29, 0.717) is 18.5 Å². The molecule has 0 aliphatic rings. The monoisotopic (exact) mass is 266 g/mol. The minimum atomic E-state index is -0.652. The smallest absolute Gasteiger partial charge is 0.222 e. The summed E-state index contributed by atoms with van der Waals surface area (Å²) in [5.41, 5.74) is 7.50. The van der Waals surface area contributed by atoms with E-state index in [0.717, 1.165) is 5.56 Å². The van der Waals surface area contributed by atoms with Crippen LogP contribution in [-0.2, 0) is 16.0 Å². The molecule has 1 aromatic rings. The highest BCUT2D eigenvalue weighted by atomic mass is 16.5. The topological polar surface area (TPSA) is 75.8 Å². The molecular weight excluding hydrogens is 244 g/mol. The normalized spacial score (nSPS) is 12.2. The van der Waals surface area contributed by atoms with Crippen LogP contribution >= 0.6 is 0 Å². The molecule has 0 radical (unpaired) electrons. The van der Waals surface area contributed by atoms with Crippen molar-refractivity contribution in [3.05, 3.63) is 29.8 Å². The van der Waals surface area contributed by atoms with E-state index in [1.807, 2.05) is 24.3 Å². The Morgan fingerprint density at radius 2 is 2.16 bits per heavy atom. The number of para-hydroxylation sites is 1. The van der Waals surface area contributed by atoms with Gasteiger partial charge in [-0.2, -0.15) is 0 Å². The van der Waals surface area contributed by atoms with Gasteiger partial charge in [-0.25, -0.2) is 0 Å². The molecule has 1 atom stereocenters. The Labute approximate surface area is 114 Å². The summed E-state index contributed by atoms with van der Waals surface area (Å²) in [5.74, 6) is -0.0154. The third kappa shape index (κ3) is 5.28. The van der Waals surface area contributed by atoms with E-state index >= 15 is 0 Å². The first kappa shape index (κ1) is 15.5. The lowest BCUT2D eigenvalue weighted by Gasteiger charge is -2.20. The van der Waals surface area contributed by atoms with Crippen molar-refractivity contribution in [2.24, 2.45) is 0 Å². The third-order valence-corrected chi connectivity index (χ3v) is 2.93. The fourth-order valence-corrected chi connectivity index (χ4v) is 1.86. The molecular formula is C14H22N2O3. The van der Waals surface area contributed by atoms with Crippen LogP contribution in [0.4, 0.5) is 5.69 Å². The molecule has 5 heteroatoms. The van der Waals surface area contributed by atoms with Crippen LogP contribution in [-0.4, -0.2) is 49.3 Å². The fourth-order valence-electron chi connectivity index (χ4n) is 1.86. The van der Waals surface area contributed by atoms with Crippen molar-refractivity contribution in [2.75, 3.05) is 33.0 Å². The minimum Gasteiger partial charge on any atom is -0.399 e. The number of likely N-dealkylation sites (N-methyl/N-ethyl adjacent to an activating group) is 1. The number of aliphatic hydroxyl groups excluding tert-OH is 1. The number of rotatable bonds is 7. The molecule has 0 aromatic heterocycles. The van der Waals surface area contributed by atoms with Crippen LogP contribution in [0.2, 0.25) is 0 Å². The number of anilines is 1. The maximum absolute atomic E-state index is 11.9. The number of nitrogen functional groups attached to an aromatic ring is 1. The molecule has 0 fully saturated rings. The van der Waals surface area contributed by atoms with Gasteiger partial charge >= 0.3 is 0 Å². The molecule has 0 aliphatic heterocycles. The van der Waals surface area contributed by atoms with E-state index < -0.39 is 6.10 Å². The second-order valence-electron chi connectivity index (χ2n) is 4.58. The number of hydrogen-bond acceptors (Lipinski definition) is 4. The van der Waals surface area contributed by atoms with Gasteiger partial charge in [-0.05, 0) is 18.1 Å². The predicted octanol–water partition coefficient (Wildman–Crippen LogP) is 0.667. The molecule has 5 nitrogen and oxygen atoms in total. The summed E-state index contributed by atoms with van der Waals surface area (Å²) in [6, 6.07) is 7.52. The van der Waals surface area contributed by atoms with Crippen LogP contribution in [0.5, 0.6) is 0 Å². The van der Waals surface area contributed by atoms with E-state index in [4.69, 9.17) is 10.5 Å². The molecule has 1 amide bonds. The number of aryl methyl sites for hydroxylation is 1. The quantitative estimate of drug-likeness (QED) is 0.711. The average molecular weight is 266 g/mol. The maximum Gasteiger partial charge on any atom is 0.222 e. The Balaban J connectivity index is 2.40. The number of aliphatic hydroxyl groups is 1. The lowest BCUT2D eigenvalue weighted by molar-refractivity contribution is -0.131. The highest BCUT2D eigenvalue weighted by Crippen LogP contribution is 2.13. The Morgan fingerprint density at radius 3 is 2.79 bits per heavy atom. The minimum absolute atomic E-state index is 0.0154. The summed E-state index contributed by atoms with van der Waals surface area (Å²) >= 11 is 0. The van der Waals surface area contributed by atoms with Gasteiger partial charge in [0.25, 0.3) is 0 Å². The standard InChI is InChI=1S/C14H22N2O3/c1-16(9-12(17)10-19-2)14(18)8-7-11-5-3-4-6-13(11)15/h3-6,12,17H,7-10,15H2,1-2H3. The molecule has 0 spiro atoms. The van der Waals surface area contributed by atoms with Crippen LogP contribution in [0, 0.1) is 0 Å². The first-order valence-electron chi connectivity index (χ1n) is 6.29. The van der Waals surface area contributed by atoms with Crippen molar-refractivity contribution in [2.45, 2.75) is 18.9 Å². The van der Waals surface area contributed by atoms with Crippen LogP contribution in [0.1, 0.15) is 12.0 Å². The van der Waals surface area contributed by atoms with Crippen LogP contribution in [0.15, 0.2) is 24.3 Å². The second kappa shape index (κ2) is 7.76. The largest absolute Gasteiger partial charge is 0.399 e. The second-order valence-corrected chi connectivity index (χ2v) is 4.58. The molecule has 0 aliphatic carbocycles. The summed E-state index contributed by atoms with van der Waals surface area (Å²) in [6.07, 6.45) is 0.335. The van der Waals surface area contributed by atoms with Gasteiger partial charge in [-0.3, -0.25) is 4.79 Å². The van der Waals surface area contributed by atoms with Gasteiger partial charge < -0.3 is 20.5 Å². The maximum atomic E-state index is 11.9. The van der Waals surface area contributed by atoms with E-state index in [1.165, 1.54) is 12.0 Å². The van der Waals surface area contributed by atoms with E-state index in [1.54, 1.807) is 7.05 Å². The van der Waals surface area contributed by atoms with Crippen LogP contribution in [0.25, 0.3) is 0 Å². The zero-order valence-electron chi connectivity index (χ0n) is 11.5. The number of nitrogens with zero attached hydrogens (tertiary/aromatic N) is 1. The summed E-state index contributed by atoms with van der Waals surface area (Å²) < 4.78 is 4.82. The first-order valence-corrected chi connectivity index (χ1v) is 6.29. The number of hydrogen-bond donors (Lipinski definition) is 2. The molecule has 0 saturated carbocycles. The van der Waals surface area contributed by atoms with E-state index in [9.17, 15) is 9.90 Å². The summed E-state index contributed by atoms with van der Waals surface area (Å²) in [6.45, 7) is 0.500. The van der Waals surface area contributed by atoms with Crippen LogP contribution < -0.4 is 5.73 Å². The summed E-state index contributed by atoms with van der Waals surface area (Å²) in [7, 11) is 3.19. The zero-order valence-corrected chi connectivity index (χ0v) is 11.5. The molecule has 0 saturated heterocycles. The van der Waals surface area contributed by atoms with Gasteiger partial charge in [0, 0.05) is 32.8 Å². The van der Waals surface area contributed by atoms with Gasteiger partial charge in [-0.15, -0.1) is 0 Å². The number of amides is 1. The van der Waals surface area contributed by atoms with Crippen molar-refractivity contribution >= 4 is 11.6 Å². The highest BCUT2D eigenvalue weighted by molar-refractivity contribution is 5.76. The number of methoxy groups -OCH3 is 1. The molecule has 19 heavy (non-hydrogen) atoms. The molecule has 1 unspecified atom stereocenters. The third-order valence-electron chi connectivity index (χ3n) is 2.93. The molecule has 1 aromatic carbocycles. The number of carbonyl (C=O) groups is 1. The van der Waals surface area contributed by atoms with Gasteiger partial charge in [-0.1, -0.05) is 18.2 Å². The SMILES string of the molecule is COCC(O)CN(C)C(=O)CCc1ccccc1N. The molecule has 0 bridgehead atoms. The van der Waals surface area contributed by atoms with Crippen molar-refractivity contribution in [1.82, 2.24) is 4.90 Å². The Hall–Kier alpha value is -1.59. The molecule has 3 N–H and O–H groups in total. The van der Waals surface area contributed by atoms with Crippen molar-refractivity contribution < 1.29 is 14.6 Å². The van der Waals surface area contributed by atoms with Crippen LogP contribution in [0.3, 0.4) is 0 Å². The van der Waals surface area contributed by atoms with Crippen molar-refractivity contribution in [3.63, 3.8) is 0 Å². The highest BCUT2D eigenvalue weighted by Gasteiger charge is 2.13. The van der Waals surface area contributed by atoms with Crippen molar-refractivity contribution in [1.29, 1.82) is 0 Å². The Bertz CT molecular complexity index is 409. The Kier molecular flexibility index (Phi) is 6.32. The lowest BCUT2D eigenvalue weighted by atomic mass is 10.1. The Morgan fingerprint density at radius 1 is 1.47 bits per heavy atom. The first-order chi connectivity index (χ1) is 9.04. The van der Waals surface area contributed by atoms with E-state index in [-0.39, 0.29) is 19.1 Å². The number of carbonyl (C=O) groups excluding carboxylic acids is 1. The predicted molar refractivity (Wildman–Crippen MR) is 74.7 cm³/mol. The van der Waals surface area contributed by atoms with Gasteiger partial charge in [0.1, 0.15) is 0 Å². The van der Waals surface area contributed by atoms with Gasteiger partial charge in [0.15, 0.2) is 0 Å². The van der Waals surface area contributed by atoms with Gasteiger partial charge in [0.2, 0.25) is 5.91 Å².